The van der Waals surface area contributed by atoms with Crippen LogP contribution in [-0.2, 0) is 10.5 Å². The number of carbonyl (C=O) groups excluding carboxylic acids is 1. The van der Waals surface area contributed by atoms with Crippen LogP contribution in [0.5, 0.6) is 0 Å². The van der Waals surface area contributed by atoms with Gasteiger partial charge in [-0.1, -0.05) is 29.8 Å². The van der Waals surface area contributed by atoms with Gasteiger partial charge in [0.2, 0.25) is 5.91 Å². The lowest BCUT2D eigenvalue weighted by Crippen LogP contribution is -2.15. The minimum Gasteiger partial charge on any atom is -0.325 e. The summed E-state index contributed by atoms with van der Waals surface area (Å²) in [7, 11) is 0. The van der Waals surface area contributed by atoms with Crippen LogP contribution in [0, 0.1) is 19.7 Å². The molecule has 0 radical (unpaired) electrons. The van der Waals surface area contributed by atoms with E-state index in [1.807, 2.05) is 32.0 Å². The molecule has 0 spiro atoms. The molecule has 0 aromatic heterocycles. The third kappa shape index (κ3) is 4.24. The maximum atomic E-state index is 13.6. The van der Waals surface area contributed by atoms with Crippen LogP contribution in [0.2, 0.25) is 5.02 Å². The van der Waals surface area contributed by atoms with Gasteiger partial charge in [-0.2, -0.15) is 0 Å². The minimum atomic E-state index is -0.338. The number of aryl methyl sites for hydroxylation is 1. The van der Waals surface area contributed by atoms with Crippen molar-refractivity contribution in [1.82, 2.24) is 0 Å². The van der Waals surface area contributed by atoms with Gasteiger partial charge in [-0.3, -0.25) is 4.79 Å². The second-order valence-corrected chi connectivity index (χ2v) is 6.38. The highest BCUT2D eigenvalue weighted by Gasteiger charge is 2.10. The second kappa shape index (κ2) is 7.65. The van der Waals surface area contributed by atoms with Gasteiger partial charge in [0.05, 0.1) is 5.75 Å². The normalized spacial score (nSPS) is 10.5. The lowest BCUT2D eigenvalue weighted by Gasteiger charge is -2.10. The molecule has 0 saturated carbocycles. The van der Waals surface area contributed by atoms with Crippen molar-refractivity contribution in [1.29, 1.82) is 0 Å². The van der Waals surface area contributed by atoms with Gasteiger partial charge in [0, 0.05) is 22.0 Å². The van der Waals surface area contributed by atoms with Gasteiger partial charge in [0.25, 0.3) is 0 Å². The smallest absolute Gasteiger partial charge is 0.234 e. The van der Waals surface area contributed by atoms with E-state index in [1.165, 1.54) is 17.8 Å². The molecule has 2 nitrogen and oxygen atoms in total. The predicted molar refractivity (Wildman–Crippen MR) is 92.1 cm³/mol. The molecule has 0 atom stereocenters. The van der Waals surface area contributed by atoms with Gasteiger partial charge in [-0.25, -0.2) is 4.39 Å². The van der Waals surface area contributed by atoms with Crippen LogP contribution >= 0.6 is 23.4 Å². The average molecular weight is 338 g/mol. The summed E-state index contributed by atoms with van der Waals surface area (Å²) in [5.41, 5.74) is 3.44. The molecule has 1 N–H and O–H groups in total. The zero-order valence-corrected chi connectivity index (χ0v) is 14.0. The van der Waals surface area contributed by atoms with Crippen molar-refractivity contribution in [3.63, 3.8) is 0 Å². The van der Waals surface area contributed by atoms with Crippen LogP contribution in [0.25, 0.3) is 0 Å². The number of amides is 1. The first kappa shape index (κ1) is 16.8. The van der Waals surface area contributed by atoms with Crippen molar-refractivity contribution in [3.8, 4) is 0 Å². The monoisotopic (exact) mass is 337 g/mol. The average Bonchev–Trinajstić information content (AvgIpc) is 2.47. The highest BCUT2D eigenvalue weighted by atomic mass is 35.5. The molecule has 0 saturated heterocycles. The topological polar surface area (TPSA) is 29.1 Å². The molecule has 0 aliphatic rings. The Morgan fingerprint density at radius 1 is 1.23 bits per heavy atom. The molecule has 0 aliphatic carbocycles. The summed E-state index contributed by atoms with van der Waals surface area (Å²) in [5.74, 6) is 0.171. The van der Waals surface area contributed by atoms with E-state index < -0.39 is 0 Å². The standard InChI is InChI=1S/C17H17ClFNOS/c1-11-5-3-8-16(12(11)2)20-17(21)10-22-9-13-14(18)6-4-7-15(13)19/h3-8H,9-10H2,1-2H3,(H,20,21). The number of rotatable bonds is 5. The Bertz CT molecular complexity index is 670. The van der Waals surface area contributed by atoms with Crippen LogP contribution in [0.1, 0.15) is 16.7 Å². The number of hydrogen-bond donors (Lipinski definition) is 1. The Balaban J connectivity index is 1.90. The van der Waals surface area contributed by atoms with E-state index in [0.717, 1.165) is 16.8 Å². The van der Waals surface area contributed by atoms with E-state index in [-0.39, 0.29) is 17.5 Å². The highest BCUT2D eigenvalue weighted by Crippen LogP contribution is 2.24. The van der Waals surface area contributed by atoms with E-state index in [1.54, 1.807) is 12.1 Å². The number of anilines is 1. The number of benzene rings is 2. The van der Waals surface area contributed by atoms with Crippen LogP contribution in [0.15, 0.2) is 36.4 Å². The fraction of sp³-hybridized carbons (Fsp3) is 0.235. The quantitative estimate of drug-likeness (QED) is 0.834. The summed E-state index contributed by atoms with van der Waals surface area (Å²) in [4.78, 5) is 12.0. The van der Waals surface area contributed by atoms with Crippen LogP contribution in [-0.4, -0.2) is 11.7 Å². The number of carbonyl (C=O) groups is 1. The van der Waals surface area contributed by atoms with E-state index in [4.69, 9.17) is 11.6 Å². The van der Waals surface area contributed by atoms with Gasteiger partial charge in [-0.15, -0.1) is 11.8 Å². The van der Waals surface area contributed by atoms with Crippen molar-refractivity contribution in [3.05, 3.63) is 63.9 Å². The molecule has 0 aliphatic heterocycles. The Labute approximate surface area is 139 Å². The van der Waals surface area contributed by atoms with Gasteiger partial charge in [0.1, 0.15) is 5.82 Å². The molecular weight excluding hydrogens is 321 g/mol. The minimum absolute atomic E-state index is 0.105. The highest BCUT2D eigenvalue weighted by molar-refractivity contribution is 7.99. The zero-order valence-electron chi connectivity index (χ0n) is 12.5. The first-order valence-corrected chi connectivity index (χ1v) is 8.39. The summed E-state index contributed by atoms with van der Waals surface area (Å²) in [6.45, 7) is 3.97. The molecule has 22 heavy (non-hydrogen) atoms. The van der Waals surface area contributed by atoms with E-state index in [2.05, 4.69) is 5.32 Å². The zero-order chi connectivity index (χ0) is 16.1. The first-order valence-electron chi connectivity index (χ1n) is 6.85. The van der Waals surface area contributed by atoms with Crippen LogP contribution in [0.3, 0.4) is 0 Å². The number of nitrogens with one attached hydrogen (secondary N) is 1. The Hall–Kier alpha value is -1.52. The summed E-state index contributed by atoms with van der Waals surface area (Å²) < 4.78 is 13.6. The molecule has 2 aromatic rings. The maximum Gasteiger partial charge on any atom is 0.234 e. The Morgan fingerprint density at radius 2 is 1.95 bits per heavy atom. The number of thioether (sulfide) groups is 1. The molecule has 0 heterocycles. The summed E-state index contributed by atoms with van der Waals surface area (Å²) >= 11 is 7.29. The molecular formula is C17H17ClFNOS. The fourth-order valence-electron chi connectivity index (χ4n) is 1.99. The summed E-state index contributed by atoms with van der Waals surface area (Å²) in [5, 5.41) is 3.27. The third-order valence-corrected chi connectivity index (χ3v) is 4.73. The van der Waals surface area contributed by atoms with Crippen molar-refractivity contribution < 1.29 is 9.18 Å². The molecule has 116 valence electrons. The van der Waals surface area contributed by atoms with E-state index >= 15 is 0 Å². The third-order valence-electron chi connectivity index (χ3n) is 3.42. The lowest BCUT2D eigenvalue weighted by molar-refractivity contribution is -0.113. The van der Waals surface area contributed by atoms with Gasteiger partial charge < -0.3 is 5.32 Å². The molecule has 2 aromatic carbocycles. The van der Waals surface area contributed by atoms with Crippen LogP contribution < -0.4 is 5.32 Å². The Kier molecular flexibility index (Phi) is 5.86. The van der Waals surface area contributed by atoms with Gasteiger partial charge >= 0.3 is 0 Å². The van der Waals surface area contributed by atoms with Crippen molar-refractivity contribution in [2.45, 2.75) is 19.6 Å². The molecule has 0 fully saturated rings. The second-order valence-electron chi connectivity index (χ2n) is 4.99. The van der Waals surface area contributed by atoms with E-state index in [9.17, 15) is 9.18 Å². The maximum absolute atomic E-state index is 13.6. The van der Waals surface area contributed by atoms with Crippen molar-refractivity contribution in [2.24, 2.45) is 0 Å². The largest absolute Gasteiger partial charge is 0.325 e. The first-order chi connectivity index (χ1) is 10.5. The molecule has 1 amide bonds. The van der Waals surface area contributed by atoms with Crippen LogP contribution in [0.4, 0.5) is 10.1 Å². The predicted octanol–water partition coefficient (Wildman–Crippen LogP) is 4.97. The van der Waals surface area contributed by atoms with Gasteiger partial charge in [0.15, 0.2) is 0 Å². The number of hydrogen-bond acceptors (Lipinski definition) is 2. The Morgan fingerprint density at radius 3 is 2.68 bits per heavy atom. The molecule has 0 unspecified atom stereocenters. The molecule has 0 bridgehead atoms. The van der Waals surface area contributed by atoms with Crippen molar-refractivity contribution in [2.75, 3.05) is 11.1 Å². The molecule has 2 rings (SSSR count). The van der Waals surface area contributed by atoms with E-state index in [0.29, 0.717) is 16.3 Å². The summed E-state index contributed by atoms with van der Waals surface area (Å²) in [6, 6.07) is 10.4. The molecule has 5 heteroatoms. The lowest BCUT2D eigenvalue weighted by atomic mass is 10.1. The number of halogens is 2. The van der Waals surface area contributed by atoms with Gasteiger partial charge in [-0.05, 0) is 43.2 Å². The van der Waals surface area contributed by atoms with Crippen molar-refractivity contribution >= 4 is 35.0 Å². The fourth-order valence-corrected chi connectivity index (χ4v) is 3.16. The summed E-state index contributed by atoms with van der Waals surface area (Å²) in [6.07, 6.45) is 0. The SMILES string of the molecule is Cc1cccc(NC(=O)CSCc2c(F)cccc2Cl)c1C.